The normalized spacial score (nSPS) is 11.2. The van der Waals surface area contributed by atoms with Crippen molar-refractivity contribution in [1.29, 1.82) is 0 Å². The first kappa shape index (κ1) is 15.8. The summed E-state index contributed by atoms with van der Waals surface area (Å²) in [5.74, 6) is -0.191. The second-order valence-electron chi connectivity index (χ2n) is 4.25. The molecule has 4 nitrogen and oxygen atoms in total. The molecule has 2 aromatic rings. The number of ether oxygens (including phenoxy) is 1. The van der Waals surface area contributed by atoms with Gasteiger partial charge in [-0.2, -0.15) is 0 Å². The molecule has 0 aliphatic rings. The SMILES string of the molecule is COc1ccc(N(C)S(=O)(=O)c2ccc(Br)cc2F)cc1. The second-order valence-corrected chi connectivity index (χ2v) is 7.10. The Morgan fingerprint density at radius 3 is 2.29 bits per heavy atom. The van der Waals surface area contributed by atoms with E-state index in [0.717, 1.165) is 10.4 Å². The minimum Gasteiger partial charge on any atom is -0.497 e. The van der Waals surface area contributed by atoms with Gasteiger partial charge < -0.3 is 4.74 Å². The van der Waals surface area contributed by atoms with Crippen molar-refractivity contribution in [3.63, 3.8) is 0 Å². The lowest BCUT2D eigenvalue weighted by Crippen LogP contribution is -2.27. The van der Waals surface area contributed by atoms with Crippen molar-refractivity contribution in [2.75, 3.05) is 18.5 Å². The Hall–Kier alpha value is -1.60. The second kappa shape index (κ2) is 6.03. The van der Waals surface area contributed by atoms with Crippen molar-refractivity contribution in [1.82, 2.24) is 0 Å². The molecule has 112 valence electrons. The van der Waals surface area contributed by atoms with Gasteiger partial charge in [0, 0.05) is 11.5 Å². The van der Waals surface area contributed by atoms with E-state index in [1.165, 1.54) is 26.3 Å². The van der Waals surface area contributed by atoms with E-state index in [1.54, 1.807) is 24.3 Å². The largest absolute Gasteiger partial charge is 0.497 e. The summed E-state index contributed by atoms with van der Waals surface area (Å²) >= 11 is 3.10. The highest BCUT2D eigenvalue weighted by atomic mass is 79.9. The molecular weight excluding hydrogens is 361 g/mol. The van der Waals surface area contributed by atoms with Gasteiger partial charge in [0.2, 0.25) is 0 Å². The van der Waals surface area contributed by atoms with E-state index in [0.29, 0.717) is 15.9 Å². The Balaban J connectivity index is 2.42. The third kappa shape index (κ3) is 3.19. The number of rotatable bonds is 4. The summed E-state index contributed by atoms with van der Waals surface area (Å²) in [6.45, 7) is 0. The van der Waals surface area contributed by atoms with Crippen LogP contribution in [-0.4, -0.2) is 22.6 Å². The molecule has 0 aromatic heterocycles. The third-order valence-electron chi connectivity index (χ3n) is 2.97. The number of nitrogens with zero attached hydrogens (tertiary/aromatic N) is 1. The summed E-state index contributed by atoms with van der Waals surface area (Å²) in [5, 5.41) is 0. The van der Waals surface area contributed by atoms with Crippen LogP contribution in [0, 0.1) is 5.82 Å². The molecule has 0 atom stereocenters. The van der Waals surface area contributed by atoms with Gasteiger partial charge in [-0.15, -0.1) is 0 Å². The van der Waals surface area contributed by atoms with Gasteiger partial charge in [0.15, 0.2) is 0 Å². The molecule has 0 amide bonds. The van der Waals surface area contributed by atoms with Gasteiger partial charge in [0.25, 0.3) is 10.0 Å². The first-order valence-corrected chi connectivity index (χ1v) is 8.17. The lowest BCUT2D eigenvalue weighted by Gasteiger charge is -2.20. The molecule has 0 unspecified atom stereocenters. The Labute approximate surface area is 131 Å². The molecule has 0 fully saturated rings. The van der Waals surface area contributed by atoms with E-state index < -0.39 is 15.8 Å². The average molecular weight is 374 g/mol. The third-order valence-corrected chi connectivity index (χ3v) is 5.28. The summed E-state index contributed by atoms with van der Waals surface area (Å²) in [6.07, 6.45) is 0. The first-order valence-electron chi connectivity index (χ1n) is 5.94. The van der Waals surface area contributed by atoms with Crippen LogP contribution in [0.4, 0.5) is 10.1 Å². The van der Waals surface area contributed by atoms with Crippen LogP contribution in [0.5, 0.6) is 5.75 Å². The summed E-state index contributed by atoms with van der Waals surface area (Å²) in [6, 6.07) is 10.3. The van der Waals surface area contributed by atoms with E-state index in [1.807, 2.05) is 0 Å². The summed E-state index contributed by atoms with van der Waals surface area (Å²) < 4.78 is 45.3. The monoisotopic (exact) mass is 373 g/mol. The molecule has 0 saturated carbocycles. The number of hydrogen-bond donors (Lipinski definition) is 0. The minimum absolute atomic E-state index is 0.371. The van der Waals surface area contributed by atoms with Crippen molar-refractivity contribution in [3.8, 4) is 5.75 Å². The zero-order chi connectivity index (χ0) is 15.6. The smallest absolute Gasteiger partial charge is 0.266 e. The summed E-state index contributed by atoms with van der Waals surface area (Å²) in [7, 11) is -1.07. The first-order chi connectivity index (χ1) is 9.86. The number of anilines is 1. The molecule has 0 radical (unpaired) electrons. The van der Waals surface area contributed by atoms with Crippen molar-refractivity contribution < 1.29 is 17.5 Å². The topological polar surface area (TPSA) is 46.6 Å². The lowest BCUT2D eigenvalue weighted by molar-refractivity contribution is 0.415. The lowest BCUT2D eigenvalue weighted by atomic mass is 10.3. The summed E-state index contributed by atoms with van der Waals surface area (Å²) in [5.41, 5.74) is 0.415. The van der Waals surface area contributed by atoms with Gasteiger partial charge in [-0.25, -0.2) is 12.8 Å². The van der Waals surface area contributed by atoms with E-state index in [2.05, 4.69) is 15.9 Å². The fourth-order valence-corrected chi connectivity index (χ4v) is 3.34. The van der Waals surface area contributed by atoms with E-state index >= 15 is 0 Å². The maximum Gasteiger partial charge on any atom is 0.266 e. The van der Waals surface area contributed by atoms with Crippen molar-refractivity contribution >= 4 is 31.6 Å². The fraction of sp³-hybridized carbons (Fsp3) is 0.143. The van der Waals surface area contributed by atoms with Crippen LogP contribution in [0.1, 0.15) is 0 Å². The number of benzene rings is 2. The standard InChI is InChI=1S/C14H13BrFNO3S/c1-17(11-4-6-12(20-2)7-5-11)21(18,19)14-8-3-10(15)9-13(14)16/h3-9H,1-2H3. The van der Waals surface area contributed by atoms with Crippen LogP contribution < -0.4 is 9.04 Å². The number of halogens is 2. The number of sulfonamides is 1. The highest BCUT2D eigenvalue weighted by Crippen LogP contribution is 2.26. The van der Waals surface area contributed by atoms with E-state index in [9.17, 15) is 12.8 Å². The van der Waals surface area contributed by atoms with Gasteiger partial charge in [-0.3, -0.25) is 4.31 Å². The predicted molar refractivity (Wildman–Crippen MR) is 82.7 cm³/mol. The zero-order valence-electron chi connectivity index (χ0n) is 11.4. The van der Waals surface area contributed by atoms with Crippen molar-refractivity contribution in [2.45, 2.75) is 4.90 Å². The van der Waals surface area contributed by atoms with E-state index in [4.69, 9.17) is 4.74 Å². The van der Waals surface area contributed by atoms with Gasteiger partial charge in [-0.1, -0.05) is 15.9 Å². The van der Waals surface area contributed by atoms with Gasteiger partial charge in [-0.05, 0) is 42.5 Å². The van der Waals surface area contributed by atoms with Crippen LogP contribution >= 0.6 is 15.9 Å². The fourth-order valence-electron chi connectivity index (χ4n) is 1.76. The molecule has 21 heavy (non-hydrogen) atoms. The Kier molecular flexibility index (Phi) is 4.53. The quantitative estimate of drug-likeness (QED) is 0.824. The Morgan fingerprint density at radius 1 is 1.14 bits per heavy atom. The highest BCUT2D eigenvalue weighted by Gasteiger charge is 2.25. The van der Waals surface area contributed by atoms with Crippen LogP contribution in [0.3, 0.4) is 0 Å². The molecule has 2 aromatic carbocycles. The molecule has 2 rings (SSSR count). The Morgan fingerprint density at radius 2 is 1.76 bits per heavy atom. The molecule has 0 bridgehead atoms. The van der Waals surface area contributed by atoms with Crippen LogP contribution in [0.25, 0.3) is 0 Å². The minimum atomic E-state index is -3.96. The molecule has 0 aliphatic carbocycles. The van der Waals surface area contributed by atoms with Crippen molar-refractivity contribution in [3.05, 3.63) is 52.8 Å². The Bertz CT molecular complexity index is 747. The van der Waals surface area contributed by atoms with Crippen molar-refractivity contribution in [2.24, 2.45) is 0 Å². The predicted octanol–water partition coefficient (Wildman–Crippen LogP) is 3.42. The van der Waals surface area contributed by atoms with Gasteiger partial charge in [0.05, 0.1) is 12.8 Å². The number of hydrogen-bond acceptors (Lipinski definition) is 3. The molecule has 0 N–H and O–H groups in total. The zero-order valence-corrected chi connectivity index (χ0v) is 13.8. The number of methoxy groups -OCH3 is 1. The highest BCUT2D eigenvalue weighted by molar-refractivity contribution is 9.10. The molecule has 7 heteroatoms. The van der Waals surface area contributed by atoms with Gasteiger partial charge >= 0.3 is 0 Å². The van der Waals surface area contributed by atoms with Crippen LogP contribution in [0.15, 0.2) is 51.8 Å². The molecule has 0 saturated heterocycles. The average Bonchev–Trinajstić information content (AvgIpc) is 2.46. The molecular formula is C14H13BrFNO3S. The maximum absolute atomic E-state index is 13.9. The molecule has 0 aliphatic heterocycles. The van der Waals surface area contributed by atoms with Crippen LogP contribution in [0.2, 0.25) is 0 Å². The van der Waals surface area contributed by atoms with E-state index in [-0.39, 0.29) is 4.90 Å². The maximum atomic E-state index is 13.9. The van der Waals surface area contributed by atoms with Gasteiger partial charge in [0.1, 0.15) is 16.5 Å². The van der Waals surface area contributed by atoms with Crippen LogP contribution in [-0.2, 0) is 10.0 Å². The molecule has 0 spiro atoms. The summed E-state index contributed by atoms with van der Waals surface area (Å²) in [4.78, 5) is -0.371. The molecule has 0 heterocycles.